The summed E-state index contributed by atoms with van der Waals surface area (Å²) in [6.07, 6.45) is 0.780. The van der Waals surface area contributed by atoms with Gasteiger partial charge in [-0.15, -0.1) is 0 Å². The molecule has 1 aromatic heterocycles. The molecule has 0 unspecified atom stereocenters. The van der Waals surface area contributed by atoms with E-state index in [1.54, 1.807) is 38.2 Å². The molecule has 28 heavy (non-hydrogen) atoms. The van der Waals surface area contributed by atoms with Crippen molar-refractivity contribution in [1.29, 1.82) is 0 Å². The van der Waals surface area contributed by atoms with Gasteiger partial charge in [0.1, 0.15) is 17.2 Å². The van der Waals surface area contributed by atoms with Crippen LogP contribution >= 0.6 is 0 Å². The number of methoxy groups -OCH3 is 2. The monoisotopic (exact) mass is 379 g/mol. The summed E-state index contributed by atoms with van der Waals surface area (Å²) in [6.45, 7) is 2.23. The first-order valence-electron chi connectivity index (χ1n) is 8.97. The normalized spacial score (nSPS) is 12.8. The summed E-state index contributed by atoms with van der Waals surface area (Å²) in [5, 5.41) is 3.72. The zero-order chi connectivity index (χ0) is 19.8. The Morgan fingerprint density at radius 1 is 1.11 bits per heavy atom. The summed E-state index contributed by atoms with van der Waals surface area (Å²) < 4.78 is 10.7. The fraction of sp³-hybridized carbons (Fsp3) is 0.238. The topological polar surface area (TPSA) is 83.7 Å². The Bertz CT molecular complexity index is 1090. The van der Waals surface area contributed by atoms with Crippen molar-refractivity contribution >= 4 is 34.1 Å². The Hall–Kier alpha value is -3.48. The van der Waals surface area contributed by atoms with Crippen LogP contribution in [-0.4, -0.2) is 37.6 Å². The number of hydrogen-bond donors (Lipinski definition) is 2. The Morgan fingerprint density at radius 2 is 1.93 bits per heavy atom. The van der Waals surface area contributed by atoms with Crippen LogP contribution in [0.4, 0.5) is 11.4 Å². The first-order chi connectivity index (χ1) is 13.5. The van der Waals surface area contributed by atoms with Gasteiger partial charge in [-0.25, -0.2) is 0 Å². The number of anilines is 2. The summed E-state index contributed by atoms with van der Waals surface area (Å²) >= 11 is 0. The van der Waals surface area contributed by atoms with Gasteiger partial charge in [0.15, 0.2) is 0 Å². The highest BCUT2D eigenvalue weighted by Gasteiger charge is 2.22. The Morgan fingerprint density at radius 3 is 2.64 bits per heavy atom. The van der Waals surface area contributed by atoms with E-state index in [-0.39, 0.29) is 11.8 Å². The molecule has 0 fully saturated rings. The predicted molar refractivity (Wildman–Crippen MR) is 108 cm³/mol. The van der Waals surface area contributed by atoms with Gasteiger partial charge >= 0.3 is 0 Å². The number of carbonyl (C=O) groups is 2. The third-order valence-electron chi connectivity index (χ3n) is 4.99. The molecule has 0 atom stereocenters. The molecular formula is C21H21N3O4. The van der Waals surface area contributed by atoms with E-state index in [1.807, 2.05) is 24.3 Å². The highest BCUT2D eigenvalue weighted by atomic mass is 16.5. The molecule has 2 aromatic carbocycles. The Kier molecular flexibility index (Phi) is 4.43. The van der Waals surface area contributed by atoms with Gasteiger partial charge in [-0.2, -0.15) is 0 Å². The van der Waals surface area contributed by atoms with E-state index >= 15 is 0 Å². The van der Waals surface area contributed by atoms with E-state index in [2.05, 4.69) is 10.3 Å². The van der Waals surface area contributed by atoms with Gasteiger partial charge in [0.2, 0.25) is 5.91 Å². The zero-order valence-corrected chi connectivity index (χ0v) is 16.0. The van der Waals surface area contributed by atoms with Crippen LogP contribution in [0, 0.1) is 0 Å². The first-order valence-corrected chi connectivity index (χ1v) is 8.97. The summed E-state index contributed by atoms with van der Waals surface area (Å²) in [7, 11) is 3.16. The number of amides is 2. The van der Waals surface area contributed by atoms with Crippen LogP contribution in [0.15, 0.2) is 36.4 Å². The van der Waals surface area contributed by atoms with Gasteiger partial charge in [-0.1, -0.05) is 0 Å². The molecule has 0 spiro atoms. The number of ether oxygens (including phenoxy) is 2. The number of nitrogens with zero attached hydrogens (tertiary/aromatic N) is 1. The molecule has 3 aromatic rings. The quantitative estimate of drug-likeness (QED) is 0.728. The second-order valence-corrected chi connectivity index (χ2v) is 6.69. The fourth-order valence-corrected chi connectivity index (χ4v) is 3.59. The minimum atomic E-state index is -0.251. The largest absolute Gasteiger partial charge is 0.497 e. The van der Waals surface area contributed by atoms with Crippen LogP contribution in [0.25, 0.3) is 10.9 Å². The maximum atomic E-state index is 12.7. The van der Waals surface area contributed by atoms with Crippen LogP contribution in [0.2, 0.25) is 0 Å². The standard InChI is InChI=1S/C21H21N3O4/c1-12(25)24-7-6-13-8-14(4-5-19(13)24)22-21(26)18-11-16-17(23-18)9-15(27-2)10-20(16)28-3/h4-5,8-11,23H,6-7H2,1-3H3,(H,22,26). The molecule has 7 nitrogen and oxygen atoms in total. The second kappa shape index (κ2) is 6.92. The highest BCUT2D eigenvalue weighted by Crippen LogP contribution is 2.33. The zero-order valence-electron chi connectivity index (χ0n) is 16.0. The third-order valence-corrected chi connectivity index (χ3v) is 4.99. The number of rotatable bonds is 4. The lowest BCUT2D eigenvalue weighted by atomic mass is 10.1. The minimum Gasteiger partial charge on any atom is -0.497 e. The van der Waals surface area contributed by atoms with E-state index in [4.69, 9.17) is 9.47 Å². The van der Waals surface area contributed by atoms with Crippen LogP contribution in [0.1, 0.15) is 23.0 Å². The molecule has 0 saturated carbocycles. The smallest absolute Gasteiger partial charge is 0.272 e. The van der Waals surface area contributed by atoms with Gasteiger partial charge in [-0.3, -0.25) is 9.59 Å². The summed E-state index contributed by atoms with van der Waals surface area (Å²) in [5.74, 6) is 1.05. The molecule has 4 rings (SSSR count). The van der Waals surface area contributed by atoms with Crippen LogP contribution in [0.3, 0.4) is 0 Å². The first kappa shape index (κ1) is 17.9. The van der Waals surface area contributed by atoms with Gasteiger partial charge in [0, 0.05) is 42.4 Å². The molecule has 1 aliphatic rings. The number of aromatic amines is 1. The molecule has 2 amide bonds. The number of H-pyrrole nitrogens is 1. The number of aromatic nitrogens is 1. The minimum absolute atomic E-state index is 0.0259. The van der Waals surface area contributed by atoms with E-state index in [0.29, 0.717) is 29.4 Å². The molecule has 7 heteroatoms. The summed E-state index contributed by atoms with van der Waals surface area (Å²) in [5.41, 5.74) is 3.83. The van der Waals surface area contributed by atoms with Gasteiger partial charge in [0.25, 0.3) is 5.91 Å². The fourth-order valence-electron chi connectivity index (χ4n) is 3.59. The lowest BCUT2D eigenvalue weighted by Gasteiger charge is -2.15. The number of nitrogens with one attached hydrogen (secondary N) is 2. The second-order valence-electron chi connectivity index (χ2n) is 6.69. The van der Waals surface area contributed by atoms with E-state index in [9.17, 15) is 9.59 Å². The number of carbonyl (C=O) groups excluding carboxylic acids is 2. The predicted octanol–water partition coefficient (Wildman–Crippen LogP) is 3.35. The lowest BCUT2D eigenvalue weighted by Crippen LogP contribution is -2.25. The van der Waals surface area contributed by atoms with Crippen molar-refractivity contribution in [3.8, 4) is 11.5 Å². The van der Waals surface area contributed by atoms with Crippen molar-refractivity contribution in [2.75, 3.05) is 31.0 Å². The molecule has 0 bridgehead atoms. The van der Waals surface area contributed by atoms with Crippen molar-refractivity contribution in [3.63, 3.8) is 0 Å². The van der Waals surface area contributed by atoms with Crippen molar-refractivity contribution in [1.82, 2.24) is 4.98 Å². The van der Waals surface area contributed by atoms with Gasteiger partial charge < -0.3 is 24.7 Å². The average molecular weight is 379 g/mol. The maximum Gasteiger partial charge on any atom is 0.272 e. The van der Waals surface area contributed by atoms with Gasteiger partial charge in [-0.05, 0) is 36.2 Å². The molecule has 144 valence electrons. The molecule has 2 N–H and O–H groups in total. The number of benzene rings is 2. The Balaban J connectivity index is 1.60. The van der Waals surface area contributed by atoms with Crippen LogP contribution in [0.5, 0.6) is 11.5 Å². The van der Waals surface area contributed by atoms with Crippen molar-refractivity contribution in [2.24, 2.45) is 0 Å². The summed E-state index contributed by atoms with van der Waals surface area (Å²) in [6, 6.07) is 11.0. The van der Waals surface area contributed by atoms with Crippen LogP contribution in [-0.2, 0) is 11.2 Å². The Labute approximate surface area is 162 Å². The third kappa shape index (κ3) is 3.05. The molecule has 0 aliphatic carbocycles. The molecule has 1 aliphatic heterocycles. The molecule has 0 radical (unpaired) electrons. The molecular weight excluding hydrogens is 358 g/mol. The summed E-state index contributed by atoms with van der Waals surface area (Å²) in [4.78, 5) is 29.3. The number of hydrogen-bond acceptors (Lipinski definition) is 4. The van der Waals surface area contributed by atoms with E-state index < -0.39 is 0 Å². The average Bonchev–Trinajstić information content (AvgIpc) is 3.30. The van der Waals surface area contributed by atoms with Gasteiger partial charge in [0.05, 0.1) is 19.7 Å². The molecule has 2 heterocycles. The van der Waals surface area contributed by atoms with Crippen molar-refractivity contribution in [3.05, 3.63) is 47.7 Å². The van der Waals surface area contributed by atoms with E-state index in [0.717, 1.165) is 28.6 Å². The highest BCUT2D eigenvalue weighted by molar-refractivity contribution is 6.07. The SMILES string of the molecule is COc1cc(OC)c2cc(C(=O)Nc3ccc4c(c3)CCN4C(C)=O)[nH]c2c1. The van der Waals surface area contributed by atoms with Crippen LogP contribution < -0.4 is 19.7 Å². The molecule has 0 saturated heterocycles. The van der Waals surface area contributed by atoms with Crippen molar-refractivity contribution in [2.45, 2.75) is 13.3 Å². The number of fused-ring (bicyclic) bond motifs is 2. The van der Waals surface area contributed by atoms with E-state index in [1.165, 1.54) is 0 Å². The van der Waals surface area contributed by atoms with Crippen molar-refractivity contribution < 1.29 is 19.1 Å². The maximum absolute atomic E-state index is 12.7. The lowest BCUT2D eigenvalue weighted by molar-refractivity contribution is -0.116.